The third-order valence-electron chi connectivity index (χ3n) is 3.10. The molecule has 2 N–H and O–H groups in total. The van der Waals surface area contributed by atoms with Gasteiger partial charge in [0.05, 0.1) is 0 Å². The zero-order chi connectivity index (χ0) is 14.9. The van der Waals surface area contributed by atoms with Crippen LogP contribution in [0.25, 0.3) is 0 Å². The van der Waals surface area contributed by atoms with Crippen molar-refractivity contribution in [3.05, 3.63) is 37.8 Å². The molecule has 0 bridgehead atoms. The second-order valence-electron chi connectivity index (χ2n) is 4.93. The lowest BCUT2D eigenvalue weighted by Gasteiger charge is -2.03. The second kappa shape index (κ2) is 6.47. The molecule has 2 aromatic heterocycles. The molecule has 4 nitrogen and oxygen atoms in total. The zero-order valence-corrected chi connectivity index (χ0v) is 15.2. The van der Waals surface area contributed by atoms with Gasteiger partial charge in [-0.15, -0.1) is 22.7 Å². The summed E-state index contributed by atoms with van der Waals surface area (Å²) in [5.74, 6) is 0. The van der Waals surface area contributed by atoms with E-state index < -0.39 is 10.0 Å². The van der Waals surface area contributed by atoms with Gasteiger partial charge < -0.3 is 5.32 Å². The van der Waals surface area contributed by atoms with Crippen molar-refractivity contribution in [2.24, 2.45) is 0 Å². The van der Waals surface area contributed by atoms with E-state index in [1.807, 2.05) is 17.5 Å². The molecule has 0 radical (unpaired) electrons. The van der Waals surface area contributed by atoms with Gasteiger partial charge in [0, 0.05) is 38.7 Å². The van der Waals surface area contributed by atoms with Gasteiger partial charge in [-0.3, -0.25) is 0 Å². The normalized spacial score (nSPS) is 15.5. The molecule has 0 aromatic carbocycles. The minimum atomic E-state index is -3.42. The second-order valence-corrected chi connectivity index (χ2v) is 10.0. The van der Waals surface area contributed by atoms with Crippen molar-refractivity contribution in [2.45, 2.75) is 36.2 Å². The first-order valence-corrected chi connectivity index (χ1v) is 10.5. The summed E-state index contributed by atoms with van der Waals surface area (Å²) in [7, 11) is -3.42. The van der Waals surface area contributed by atoms with Crippen LogP contribution in [0.1, 0.15) is 22.6 Å². The van der Waals surface area contributed by atoms with Crippen LogP contribution in [0.3, 0.4) is 0 Å². The van der Waals surface area contributed by atoms with E-state index in [1.54, 1.807) is 6.07 Å². The fraction of sp³-hybridized carbons (Fsp3) is 0.385. The minimum absolute atomic E-state index is 0.326. The summed E-state index contributed by atoms with van der Waals surface area (Å²) >= 11 is 6.22. The molecular weight excluding hydrogens is 392 g/mol. The highest BCUT2D eigenvalue weighted by Crippen LogP contribution is 2.25. The highest BCUT2D eigenvalue weighted by Gasteiger charge is 2.21. The molecule has 8 heteroatoms. The van der Waals surface area contributed by atoms with E-state index in [2.05, 4.69) is 26.0 Å². The molecule has 0 amide bonds. The molecule has 1 aliphatic rings. The van der Waals surface area contributed by atoms with Crippen molar-refractivity contribution in [1.29, 1.82) is 0 Å². The number of sulfonamides is 1. The van der Waals surface area contributed by atoms with Gasteiger partial charge in [0.25, 0.3) is 0 Å². The smallest absolute Gasteiger partial charge is 0.250 e. The van der Waals surface area contributed by atoms with Crippen LogP contribution in [0, 0.1) is 0 Å². The first-order chi connectivity index (χ1) is 10.0. The molecule has 0 spiro atoms. The van der Waals surface area contributed by atoms with Crippen molar-refractivity contribution >= 4 is 48.6 Å². The van der Waals surface area contributed by atoms with Gasteiger partial charge in [0.2, 0.25) is 10.0 Å². The molecule has 1 aliphatic carbocycles. The molecule has 1 fully saturated rings. The number of thiophene rings is 2. The third kappa shape index (κ3) is 4.37. The van der Waals surface area contributed by atoms with Crippen LogP contribution in [0.15, 0.2) is 32.3 Å². The summed E-state index contributed by atoms with van der Waals surface area (Å²) < 4.78 is 28.5. The van der Waals surface area contributed by atoms with Crippen molar-refractivity contribution in [3.63, 3.8) is 0 Å². The predicted octanol–water partition coefficient (Wildman–Crippen LogP) is 3.30. The van der Waals surface area contributed by atoms with Crippen molar-refractivity contribution in [1.82, 2.24) is 10.0 Å². The molecule has 0 unspecified atom stereocenters. The lowest BCUT2D eigenvalue weighted by Crippen LogP contribution is -2.21. The van der Waals surface area contributed by atoms with E-state index in [4.69, 9.17) is 0 Å². The number of halogens is 1. The average Bonchev–Trinajstić information content (AvgIpc) is 2.97. The maximum atomic E-state index is 12.2. The van der Waals surface area contributed by atoms with Gasteiger partial charge in [0.15, 0.2) is 0 Å². The average molecular weight is 407 g/mol. The van der Waals surface area contributed by atoms with Gasteiger partial charge in [-0.05, 0) is 47.0 Å². The Hall–Kier alpha value is -0.250. The van der Waals surface area contributed by atoms with Crippen molar-refractivity contribution in [2.75, 3.05) is 0 Å². The molecule has 0 atom stereocenters. The van der Waals surface area contributed by atoms with E-state index in [0.717, 1.165) is 20.8 Å². The summed E-state index contributed by atoms with van der Waals surface area (Å²) in [5.41, 5.74) is 0. The van der Waals surface area contributed by atoms with Gasteiger partial charge in [-0.1, -0.05) is 0 Å². The molecule has 2 heterocycles. The monoisotopic (exact) mass is 406 g/mol. The van der Waals surface area contributed by atoms with Crippen LogP contribution in [0.5, 0.6) is 0 Å². The molecule has 3 rings (SSSR count). The molecule has 114 valence electrons. The van der Waals surface area contributed by atoms with Crippen LogP contribution in [-0.4, -0.2) is 14.5 Å². The topological polar surface area (TPSA) is 58.2 Å². The quantitative estimate of drug-likeness (QED) is 0.741. The number of hydrogen-bond donors (Lipinski definition) is 2. The third-order valence-corrected chi connectivity index (χ3v) is 7.78. The van der Waals surface area contributed by atoms with Crippen molar-refractivity contribution in [3.8, 4) is 0 Å². The Bertz CT molecular complexity index is 719. The Morgan fingerprint density at radius 3 is 2.71 bits per heavy atom. The summed E-state index contributed by atoms with van der Waals surface area (Å²) in [6.07, 6.45) is 2.46. The number of rotatable bonds is 7. The summed E-state index contributed by atoms with van der Waals surface area (Å²) in [6.45, 7) is 1.08. The van der Waals surface area contributed by atoms with Gasteiger partial charge in [0.1, 0.15) is 4.21 Å². The summed E-state index contributed by atoms with van der Waals surface area (Å²) in [5, 5.41) is 5.33. The highest BCUT2D eigenvalue weighted by molar-refractivity contribution is 9.10. The standard InChI is InChI=1S/C13H15BrN2O2S3/c14-9-5-12(19-8-9)7-16-21(17,18)13-4-3-11(20-13)6-15-10-1-2-10/h3-5,8,10,15-16H,1-2,6-7H2. The predicted molar refractivity (Wildman–Crippen MR) is 90.2 cm³/mol. The SMILES string of the molecule is O=S(=O)(NCc1cc(Br)cs1)c1ccc(CNC2CC2)s1. The molecule has 1 saturated carbocycles. The van der Waals surface area contributed by atoms with E-state index in [1.165, 1.54) is 35.5 Å². The van der Waals surface area contributed by atoms with Gasteiger partial charge in [-0.2, -0.15) is 0 Å². The van der Waals surface area contributed by atoms with Crippen LogP contribution >= 0.6 is 38.6 Å². The first-order valence-electron chi connectivity index (χ1n) is 6.57. The Morgan fingerprint density at radius 2 is 2.05 bits per heavy atom. The molecular formula is C13H15BrN2O2S3. The van der Waals surface area contributed by atoms with Gasteiger partial charge in [-0.25, -0.2) is 13.1 Å². The first kappa shape index (κ1) is 15.6. The Morgan fingerprint density at radius 1 is 1.24 bits per heavy atom. The maximum absolute atomic E-state index is 12.2. The minimum Gasteiger partial charge on any atom is -0.309 e. The molecule has 2 aromatic rings. The lowest BCUT2D eigenvalue weighted by molar-refractivity contribution is 0.584. The highest BCUT2D eigenvalue weighted by atomic mass is 79.9. The Kier molecular flexibility index (Phi) is 4.82. The molecule has 0 aliphatic heterocycles. The summed E-state index contributed by atoms with van der Waals surface area (Å²) in [4.78, 5) is 2.04. The van der Waals surface area contributed by atoms with E-state index in [-0.39, 0.29) is 0 Å². The lowest BCUT2D eigenvalue weighted by atomic mass is 10.4. The number of hydrogen-bond acceptors (Lipinski definition) is 5. The zero-order valence-electron chi connectivity index (χ0n) is 11.1. The Labute approximate surface area is 140 Å². The van der Waals surface area contributed by atoms with Gasteiger partial charge >= 0.3 is 0 Å². The molecule has 0 saturated heterocycles. The fourth-order valence-corrected chi connectivity index (χ4v) is 5.65. The van der Waals surface area contributed by atoms with Crippen LogP contribution < -0.4 is 10.0 Å². The fourth-order valence-electron chi connectivity index (χ4n) is 1.81. The van der Waals surface area contributed by atoms with Crippen molar-refractivity contribution < 1.29 is 8.42 Å². The van der Waals surface area contributed by atoms with E-state index >= 15 is 0 Å². The summed E-state index contributed by atoms with van der Waals surface area (Å²) in [6, 6.07) is 6.12. The van der Waals surface area contributed by atoms with E-state index in [9.17, 15) is 8.42 Å². The molecule has 21 heavy (non-hydrogen) atoms. The van der Waals surface area contributed by atoms with Crippen LogP contribution in [0.2, 0.25) is 0 Å². The van der Waals surface area contributed by atoms with E-state index in [0.29, 0.717) is 16.8 Å². The van der Waals surface area contributed by atoms with Crippen LogP contribution in [-0.2, 0) is 23.1 Å². The Balaban J connectivity index is 1.60. The maximum Gasteiger partial charge on any atom is 0.250 e. The van der Waals surface area contributed by atoms with Crippen LogP contribution in [0.4, 0.5) is 0 Å². The number of nitrogens with one attached hydrogen (secondary N) is 2. The largest absolute Gasteiger partial charge is 0.309 e.